The third-order valence-electron chi connectivity index (χ3n) is 3.54. The zero-order chi connectivity index (χ0) is 16.5. The number of rotatable bonds is 9. The zero-order valence-electron chi connectivity index (χ0n) is 13.4. The Hall–Kier alpha value is -2.17. The average Bonchev–Trinajstić information content (AvgIpc) is 2.57. The molecule has 0 aliphatic carbocycles. The van der Waals surface area contributed by atoms with E-state index < -0.39 is 5.97 Å². The fourth-order valence-electron chi connectivity index (χ4n) is 2.35. The molecule has 2 aromatic carbocycles. The van der Waals surface area contributed by atoms with Gasteiger partial charge in [0, 0.05) is 19.7 Å². The van der Waals surface area contributed by atoms with Crippen LogP contribution in [0.3, 0.4) is 0 Å². The van der Waals surface area contributed by atoms with Gasteiger partial charge < -0.3 is 15.2 Å². The summed E-state index contributed by atoms with van der Waals surface area (Å²) in [6.45, 7) is 4.84. The number of hydrogen-bond acceptors (Lipinski definition) is 3. The van der Waals surface area contributed by atoms with E-state index in [0.29, 0.717) is 18.7 Å². The first-order chi connectivity index (χ1) is 11.2. The largest absolute Gasteiger partial charge is 0.478 e. The van der Waals surface area contributed by atoms with Crippen LogP contribution < -0.4 is 5.32 Å². The van der Waals surface area contributed by atoms with Gasteiger partial charge in [0.05, 0.1) is 12.2 Å². The van der Waals surface area contributed by atoms with Crippen molar-refractivity contribution in [3.05, 3.63) is 70.8 Å². The van der Waals surface area contributed by atoms with Crippen LogP contribution in [0.4, 0.5) is 0 Å². The molecule has 0 aromatic heterocycles. The van der Waals surface area contributed by atoms with Crippen LogP contribution in [-0.4, -0.2) is 17.7 Å². The summed E-state index contributed by atoms with van der Waals surface area (Å²) in [4.78, 5) is 11.0. The summed E-state index contributed by atoms with van der Waals surface area (Å²) in [7, 11) is 0. The second kappa shape index (κ2) is 9.08. The van der Waals surface area contributed by atoms with Crippen molar-refractivity contribution in [1.82, 2.24) is 5.32 Å². The first-order valence-electron chi connectivity index (χ1n) is 7.88. The molecule has 23 heavy (non-hydrogen) atoms. The van der Waals surface area contributed by atoms with E-state index in [1.54, 1.807) is 18.2 Å². The molecular formula is C19H23NO3. The van der Waals surface area contributed by atoms with E-state index in [-0.39, 0.29) is 0 Å². The Balaban J connectivity index is 1.91. The summed E-state index contributed by atoms with van der Waals surface area (Å²) in [6, 6.07) is 15.2. The van der Waals surface area contributed by atoms with Gasteiger partial charge in [0.2, 0.25) is 0 Å². The van der Waals surface area contributed by atoms with Gasteiger partial charge in [-0.15, -0.1) is 0 Å². The van der Waals surface area contributed by atoms with Crippen LogP contribution in [-0.2, 0) is 24.4 Å². The third kappa shape index (κ3) is 5.51. The minimum atomic E-state index is -0.898. The quantitative estimate of drug-likeness (QED) is 0.694. The van der Waals surface area contributed by atoms with Crippen LogP contribution in [0.5, 0.6) is 0 Å². The second-order valence-electron chi connectivity index (χ2n) is 5.43. The molecule has 0 saturated carbocycles. The SMILES string of the molecule is CCCOCc1ccccc1CNCc1cccc(C(=O)O)c1. The molecule has 0 bridgehead atoms. The Bertz CT molecular complexity index is 640. The highest BCUT2D eigenvalue weighted by molar-refractivity contribution is 5.87. The monoisotopic (exact) mass is 313 g/mol. The fourth-order valence-corrected chi connectivity index (χ4v) is 2.35. The Morgan fingerprint density at radius 1 is 1.09 bits per heavy atom. The summed E-state index contributed by atoms with van der Waals surface area (Å²) < 4.78 is 5.62. The number of ether oxygens (including phenoxy) is 1. The molecule has 0 amide bonds. The normalized spacial score (nSPS) is 10.7. The lowest BCUT2D eigenvalue weighted by atomic mass is 10.1. The molecule has 0 aliphatic rings. The standard InChI is InChI=1S/C19H23NO3/c1-2-10-23-14-18-8-4-3-7-17(18)13-20-12-15-6-5-9-16(11-15)19(21)22/h3-9,11,20H,2,10,12-14H2,1H3,(H,21,22). The van der Waals surface area contributed by atoms with E-state index in [1.807, 2.05) is 18.2 Å². The predicted molar refractivity (Wildman–Crippen MR) is 90.3 cm³/mol. The Morgan fingerprint density at radius 3 is 2.61 bits per heavy atom. The van der Waals surface area contributed by atoms with Crippen LogP contribution in [0.25, 0.3) is 0 Å². The molecule has 0 spiro atoms. The van der Waals surface area contributed by atoms with E-state index in [9.17, 15) is 4.79 Å². The molecule has 4 nitrogen and oxygen atoms in total. The number of carboxylic acid groups (broad SMARTS) is 1. The topological polar surface area (TPSA) is 58.6 Å². The molecule has 2 rings (SSSR count). The van der Waals surface area contributed by atoms with Gasteiger partial charge in [-0.1, -0.05) is 43.3 Å². The Labute approximate surface area is 137 Å². The molecule has 0 saturated heterocycles. The van der Waals surface area contributed by atoms with E-state index in [0.717, 1.165) is 25.1 Å². The highest BCUT2D eigenvalue weighted by Crippen LogP contribution is 2.11. The lowest BCUT2D eigenvalue weighted by molar-refractivity contribution is 0.0696. The fraction of sp³-hybridized carbons (Fsp3) is 0.316. The van der Waals surface area contributed by atoms with Gasteiger partial charge in [0.25, 0.3) is 0 Å². The summed E-state index contributed by atoms with van der Waals surface area (Å²) in [5, 5.41) is 12.4. The van der Waals surface area contributed by atoms with Crippen molar-refractivity contribution in [1.29, 1.82) is 0 Å². The number of benzene rings is 2. The van der Waals surface area contributed by atoms with Crippen molar-refractivity contribution in [2.24, 2.45) is 0 Å². The molecule has 4 heteroatoms. The number of carboxylic acids is 1. The molecule has 0 aliphatic heterocycles. The first kappa shape index (κ1) is 17.2. The van der Waals surface area contributed by atoms with Crippen LogP contribution >= 0.6 is 0 Å². The minimum Gasteiger partial charge on any atom is -0.478 e. The average molecular weight is 313 g/mol. The lowest BCUT2D eigenvalue weighted by Gasteiger charge is -2.11. The van der Waals surface area contributed by atoms with Gasteiger partial charge in [0.1, 0.15) is 0 Å². The smallest absolute Gasteiger partial charge is 0.335 e. The zero-order valence-corrected chi connectivity index (χ0v) is 13.4. The van der Waals surface area contributed by atoms with Crippen LogP contribution in [0.2, 0.25) is 0 Å². The van der Waals surface area contributed by atoms with E-state index >= 15 is 0 Å². The van der Waals surface area contributed by atoms with E-state index in [1.165, 1.54) is 11.1 Å². The summed E-state index contributed by atoms with van der Waals surface area (Å²) in [5.41, 5.74) is 3.67. The Morgan fingerprint density at radius 2 is 1.87 bits per heavy atom. The van der Waals surface area contributed by atoms with E-state index in [4.69, 9.17) is 9.84 Å². The number of hydrogen-bond donors (Lipinski definition) is 2. The summed E-state index contributed by atoms with van der Waals surface area (Å²) in [6.07, 6.45) is 1.01. The van der Waals surface area contributed by atoms with Gasteiger partial charge in [-0.25, -0.2) is 4.79 Å². The maximum atomic E-state index is 11.0. The first-order valence-corrected chi connectivity index (χ1v) is 7.88. The molecule has 122 valence electrons. The summed E-state index contributed by atoms with van der Waals surface area (Å²) in [5.74, 6) is -0.898. The number of carbonyl (C=O) groups is 1. The highest BCUT2D eigenvalue weighted by atomic mass is 16.5. The van der Waals surface area contributed by atoms with Crippen molar-refractivity contribution in [2.75, 3.05) is 6.61 Å². The summed E-state index contributed by atoms with van der Waals surface area (Å²) >= 11 is 0. The van der Waals surface area contributed by atoms with Crippen LogP contribution in [0.1, 0.15) is 40.4 Å². The number of aromatic carboxylic acids is 1. The molecular weight excluding hydrogens is 290 g/mol. The predicted octanol–water partition coefficient (Wildman–Crippen LogP) is 3.60. The highest BCUT2D eigenvalue weighted by Gasteiger charge is 2.04. The lowest BCUT2D eigenvalue weighted by Crippen LogP contribution is -2.14. The second-order valence-corrected chi connectivity index (χ2v) is 5.43. The molecule has 2 N–H and O–H groups in total. The van der Waals surface area contributed by atoms with Gasteiger partial charge in [0.15, 0.2) is 0 Å². The van der Waals surface area contributed by atoms with Crippen molar-refractivity contribution in [3.63, 3.8) is 0 Å². The Kier molecular flexibility index (Phi) is 6.78. The number of nitrogens with one attached hydrogen (secondary N) is 1. The molecule has 0 heterocycles. The van der Waals surface area contributed by atoms with Gasteiger partial charge in [-0.3, -0.25) is 0 Å². The van der Waals surface area contributed by atoms with Gasteiger partial charge in [-0.2, -0.15) is 0 Å². The van der Waals surface area contributed by atoms with Crippen molar-refractivity contribution >= 4 is 5.97 Å². The van der Waals surface area contributed by atoms with Crippen molar-refractivity contribution in [2.45, 2.75) is 33.0 Å². The molecule has 2 aromatic rings. The van der Waals surface area contributed by atoms with Crippen molar-refractivity contribution in [3.8, 4) is 0 Å². The maximum Gasteiger partial charge on any atom is 0.335 e. The molecule has 0 radical (unpaired) electrons. The van der Waals surface area contributed by atoms with Gasteiger partial charge >= 0.3 is 5.97 Å². The third-order valence-corrected chi connectivity index (χ3v) is 3.54. The molecule has 0 unspecified atom stereocenters. The van der Waals surface area contributed by atoms with E-state index in [2.05, 4.69) is 24.4 Å². The van der Waals surface area contributed by atoms with Crippen LogP contribution in [0, 0.1) is 0 Å². The maximum absolute atomic E-state index is 11.0. The van der Waals surface area contributed by atoms with Crippen molar-refractivity contribution < 1.29 is 14.6 Å². The van der Waals surface area contributed by atoms with Gasteiger partial charge in [-0.05, 0) is 35.2 Å². The molecule has 0 fully saturated rings. The molecule has 0 atom stereocenters. The minimum absolute atomic E-state index is 0.317. The van der Waals surface area contributed by atoms with Crippen LogP contribution in [0.15, 0.2) is 48.5 Å².